The van der Waals surface area contributed by atoms with Crippen molar-refractivity contribution in [3.8, 4) is 6.07 Å². The van der Waals surface area contributed by atoms with Crippen molar-refractivity contribution in [1.29, 1.82) is 5.26 Å². The molecular formula is C17H20N2O2. The summed E-state index contributed by atoms with van der Waals surface area (Å²) >= 11 is 0. The van der Waals surface area contributed by atoms with E-state index in [-0.39, 0.29) is 6.09 Å². The second-order valence-electron chi connectivity index (χ2n) is 5.63. The van der Waals surface area contributed by atoms with Gasteiger partial charge in [-0.2, -0.15) is 5.26 Å². The summed E-state index contributed by atoms with van der Waals surface area (Å²) in [5.74, 6) is 0. The van der Waals surface area contributed by atoms with Crippen LogP contribution in [0.15, 0.2) is 30.5 Å². The lowest BCUT2D eigenvalue weighted by molar-refractivity contribution is 0.147. The van der Waals surface area contributed by atoms with E-state index in [1.807, 2.05) is 45.0 Å². The number of carbonyl (C=O) groups is 1. The lowest BCUT2D eigenvalue weighted by atomic mass is 9.86. The predicted octanol–water partition coefficient (Wildman–Crippen LogP) is 4.23. The Balaban J connectivity index is 2.46. The Morgan fingerprint density at radius 2 is 2.10 bits per heavy atom. The maximum atomic E-state index is 12.2. The SMILES string of the molecule is CCCCOC(=O)n1cc(C(C)(C)C#N)c2ccccc21. The highest BCUT2D eigenvalue weighted by Gasteiger charge is 2.26. The van der Waals surface area contributed by atoms with Gasteiger partial charge < -0.3 is 4.74 Å². The van der Waals surface area contributed by atoms with Crippen LogP contribution in [0, 0.1) is 11.3 Å². The van der Waals surface area contributed by atoms with Gasteiger partial charge in [-0.05, 0) is 31.9 Å². The zero-order chi connectivity index (χ0) is 15.5. The summed E-state index contributed by atoms with van der Waals surface area (Å²) in [6.45, 7) is 6.16. The zero-order valence-corrected chi connectivity index (χ0v) is 12.7. The van der Waals surface area contributed by atoms with Crippen molar-refractivity contribution in [1.82, 2.24) is 4.57 Å². The van der Waals surface area contributed by atoms with Crippen molar-refractivity contribution >= 4 is 17.0 Å². The molecule has 0 N–H and O–H groups in total. The molecule has 0 unspecified atom stereocenters. The number of hydrogen-bond donors (Lipinski definition) is 0. The van der Waals surface area contributed by atoms with Gasteiger partial charge in [-0.15, -0.1) is 0 Å². The number of para-hydroxylation sites is 1. The summed E-state index contributed by atoms with van der Waals surface area (Å²) in [6, 6.07) is 9.87. The van der Waals surface area contributed by atoms with Crippen LogP contribution in [0.25, 0.3) is 10.9 Å². The number of nitriles is 1. The molecule has 0 aliphatic rings. The quantitative estimate of drug-likeness (QED) is 0.789. The number of benzene rings is 1. The molecule has 21 heavy (non-hydrogen) atoms. The van der Waals surface area contributed by atoms with Gasteiger partial charge in [0.1, 0.15) is 0 Å². The highest BCUT2D eigenvalue weighted by Crippen LogP contribution is 2.31. The van der Waals surface area contributed by atoms with E-state index in [1.165, 1.54) is 4.57 Å². The normalized spacial score (nSPS) is 11.3. The molecule has 0 atom stereocenters. The smallest absolute Gasteiger partial charge is 0.418 e. The lowest BCUT2D eigenvalue weighted by Crippen LogP contribution is -2.15. The third-order valence-corrected chi connectivity index (χ3v) is 3.58. The molecule has 0 saturated carbocycles. The summed E-state index contributed by atoms with van der Waals surface area (Å²) in [4.78, 5) is 12.2. The monoisotopic (exact) mass is 284 g/mol. The van der Waals surface area contributed by atoms with Crippen molar-refractivity contribution in [2.24, 2.45) is 0 Å². The van der Waals surface area contributed by atoms with Crippen LogP contribution in [0.2, 0.25) is 0 Å². The summed E-state index contributed by atoms with van der Waals surface area (Å²) in [7, 11) is 0. The van der Waals surface area contributed by atoms with Gasteiger partial charge in [0.15, 0.2) is 0 Å². The van der Waals surface area contributed by atoms with E-state index in [2.05, 4.69) is 6.07 Å². The summed E-state index contributed by atoms with van der Waals surface area (Å²) in [5.41, 5.74) is 0.958. The van der Waals surface area contributed by atoms with Crippen LogP contribution in [0.3, 0.4) is 0 Å². The van der Waals surface area contributed by atoms with Crippen LogP contribution in [0.4, 0.5) is 4.79 Å². The Kier molecular flexibility index (Phi) is 4.32. The van der Waals surface area contributed by atoms with Gasteiger partial charge in [0.2, 0.25) is 0 Å². The van der Waals surface area contributed by atoms with Crippen molar-refractivity contribution in [2.45, 2.75) is 39.0 Å². The molecule has 2 aromatic rings. The molecule has 0 aliphatic heterocycles. The van der Waals surface area contributed by atoms with Crippen LogP contribution in [-0.4, -0.2) is 17.3 Å². The minimum Gasteiger partial charge on any atom is -0.449 e. The first-order chi connectivity index (χ1) is 10.0. The van der Waals surface area contributed by atoms with E-state index in [4.69, 9.17) is 4.74 Å². The number of unbranched alkanes of at least 4 members (excludes halogenated alkanes) is 1. The molecule has 0 spiro atoms. The van der Waals surface area contributed by atoms with E-state index in [1.54, 1.807) is 6.20 Å². The Morgan fingerprint density at radius 1 is 1.38 bits per heavy atom. The van der Waals surface area contributed by atoms with Gasteiger partial charge in [0.05, 0.1) is 23.6 Å². The second kappa shape index (κ2) is 6.01. The number of fused-ring (bicyclic) bond motifs is 1. The van der Waals surface area contributed by atoms with Crippen molar-refractivity contribution < 1.29 is 9.53 Å². The Morgan fingerprint density at radius 3 is 2.76 bits per heavy atom. The fourth-order valence-corrected chi connectivity index (χ4v) is 2.26. The number of rotatable bonds is 4. The van der Waals surface area contributed by atoms with Gasteiger partial charge in [-0.1, -0.05) is 31.5 Å². The molecule has 1 heterocycles. The second-order valence-corrected chi connectivity index (χ2v) is 5.63. The Bertz CT molecular complexity index is 692. The molecule has 0 saturated heterocycles. The third-order valence-electron chi connectivity index (χ3n) is 3.58. The van der Waals surface area contributed by atoms with Gasteiger partial charge in [0, 0.05) is 11.6 Å². The highest BCUT2D eigenvalue weighted by atomic mass is 16.5. The predicted molar refractivity (Wildman–Crippen MR) is 82.2 cm³/mol. The number of ether oxygens (including phenoxy) is 1. The van der Waals surface area contributed by atoms with Gasteiger partial charge in [0.25, 0.3) is 0 Å². The van der Waals surface area contributed by atoms with Crippen LogP contribution in [0.1, 0.15) is 39.2 Å². The van der Waals surface area contributed by atoms with E-state index in [0.717, 1.165) is 29.3 Å². The summed E-state index contributed by atoms with van der Waals surface area (Å²) in [5, 5.41) is 10.3. The molecule has 110 valence electrons. The van der Waals surface area contributed by atoms with Crippen LogP contribution in [0.5, 0.6) is 0 Å². The molecule has 0 fully saturated rings. The zero-order valence-electron chi connectivity index (χ0n) is 12.7. The van der Waals surface area contributed by atoms with Gasteiger partial charge >= 0.3 is 6.09 Å². The number of carbonyl (C=O) groups excluding carboxylic acids is 1. The fraction of sp³-hybridized carbons (Fsp3) is 0.412. The van der Waals surface area contributed by atoms with E-state index in [9.17, 15) is 10.1 Å². The molecule has 0 radical (unpaired) electrons. The first-order valence-corrected chi connectivity index (χ1v) is 7.20. The first kappa shape index (κ1) is 15.1. The summed E-state index contributed by atoms with van der Waals surface area (Å²) in [6.07, 6.45) is 3.16. The number of hydrogen-bond acceptors (Lipinski definition) is 3. The number of nitrogens with zero attached hydrogens (tertiary/aromatic N) is 2. The molecule has 1 aromatic carbocycles. The molecular weight excluding hydrogens is 264 g/mol. The topological polar surface area (TPSA) is 55.0 Å². The van der Waals surface area contributed by atoms with Crippen molar-refractivity contribution in [3.05, 3.63) is 36.0 Å². The molecule has 1 aromatic heterocycles. The third kappa shape index (κ3) is 2.92. The van der Waals surface area contributed by atoms with E-state index < -0.39 is 5.41 Å². The molecule has 0 aliphatic carbocycles. The van der Waals surface area contributed by atoms with Crippen molar-refractivity contribution in [2.75, 3.05) is 6.61 Å². The van der Waals surface area contributed by atoms with Crippen LogP contribution in [-0.2, 0) is 10.2 Å². The van der Waals surface area contributed by atoms with Crippen LogP contribution >= 0.6 is 0 Å². The fourth-order valence-electron chi connectivity index (χ4n) is 2.26. The largest absolute Gasteiger partial charge is 0.449 e. The minimum absolute atomic E-state index is 0.389. The Hall–Kier alpha value is -2.28. The van der Waals surface area contributed by atoms with Gasteiger partial charge in [-0.25, -0.2) is 4.79 Å². The molecule has 0 bridgehead atoms. The maximum Gasteiger partial charge on any atom is 0.418 e. The standard InChI is InChI=1S/C17H20N2O2/c1-4-5-10-21-16(20)19-11-14(17(2,3)12-18)13-8-6-7-9-15(13)19/h6-9,11H,4-5,10H2,1-3H3. The minimum atomic E-state index is -0.658. The van der Waals surface area contributed by atoms with Crippen molar-refractivity contribution in [3.63, 3.8) is 0 Å². The first-order valence-electron chi connectivity index (χ1n) is 7.20. The Labute approximate surface area is 124 Å². The van der Waals surface area contributed by atoms with E-state index >= 15 is 0 Å². The number of aromatic nitrogens is 1. The molecule has 4 heteroatoms. The lowest BCUT2D eigenvalue weighted by Gasteiger charge is -2.13. The molecule has 0 amide bonds. The van der Waals surface area contributed by atoms with E-state index in [0.29, 0.717) is 6.61 Å². The van der Waals surface area contributed by atoms with Gasteiger partial charge in [-0.3, -0.25) is 4.57 Å². The average Bonchev–Trinajstić information content (AvgIpc) is 2.88. The molecule has 2 rings (SSSR count). The maximum absolute atomic E-state index is 12.2. The summed E-state index contributed by atoms with van der Waals surface area (Å²) < 4.78 is 6.78. The van der Waals surface area contributed by atoms with Crippen LogP contribution < -0.4 is 0 Å². The average molecular weight is 284 g/mol. The highest BCUT2D eigenvalue weighted by molar-refractivity contribution is 5.92. The molecule has 4 nitrogen and oxygen atoms in total.